The number of nitrogens with zero attached hydrogens (tertiary/aromatic N) is 2. The lowest BCUT2D eigenvalue weighted by Crippen LogP contribution is -2.52. The number of hydrogen-bond acceptors (Lipinski definition) is 6. The van der Waals surface area contributed by atoms with Crippen LogP contribution in [0.3, 0.4) is 0 Å². The Hall–Kier alpha value is -3.07. The average molecular weight is 415 g/mol. The van der Waals surface area contributed by atoms with Gasteiger partial charge in [-0.3, -0.25) is 19.2 Å². The van der Waals surface area contributed by atoms with Gasteiger partial charge in [0, 0.05) is 19.5 Å². The van der Waals surface area contributed by atoms with Crippen molar-refractivity contribution < 1.29 is 24.3 Å². The Morgan fingerprint density at radius 3 is 2.52 bits per heavy atom. The molecular weight excluding hydrogens is 394 g/mol. The standard InChI is InChI=1S/C20H21N3O5S/c1-11-18(29-12(2)22-11)14-5-3-13(4-6-14)10-23-8-7-15(24)17(20(23)28)19(27)21-9-16(25)26/h3-6,17H,7-10H2,1-2H3,(H,21,27)(H,25,26). The summed E-state index contributed by atoms with van der Waals surface area (Å²) in [6.45, 7) is 3.80. The quantitative estimate of drug-likeness (QED) is 0.692. The Bertz CT molecular complexity index is 967. The number of aryl methyl sites for hydroxylation is 2. The number of hydrogen-bond donors (Lipinski definition) is 2. The molecule has 152 valence electrons. The summed E-state index contributed by atoms with van der Waals surface area (Å²) in [4.78, 5) is 54.4. The van der Waals surface area contributed by atoms with E-state index in [-0.39, 0.29) is 19.5 Å². The zero-order chi connectivity index (χ0) is 21.1. The minimum absolute atomic E-state index is 0.0638. The van der Waals surface area contributed by atoms with Crippen LogP contribution in [-0.2, 0) is 25.7 Å². The van der Waals surface area contributed by atoms with Crippen molar-refractivity contribution in [3.63, 3.8) is 0 Å². The number of aromatic nitrogens is 1. The normalized spacial score (nSPS) is 16.8. The summed E-state index contributed by atoms with van der Waals surface area (Å²) in [6, 6.07) is 7.75. The lowest BCUT2D eigenvalue weighted by atomic mass is 9.94. The van der Waals surface area contributed by atoms with Gasteiger partial charge in [-0.1, -0.05) is 24.3 Å². The summed E-state index contributed by atoms with van der Waals surface area (Å²) in [5.74, 6) is -4.66. The first-order chi connectivity index (χ1) is 13.8. The van der Waals surface area contributed by atoms with Gasteiger partial charge in [-0.25, -0.2) is 4.98 Å². The fraction of sp³-hybridized carbons (Fsp3) is 0.350. The number of likely N-dealkylation sites (tertiary alicyclic amines) is 1. The van der Waals surface area contributed by atoms with Crippen LogP contribution in [-0.4, -0.2) is 51.6 Å². The number of carboxylic acid groups (broad SMARTS) is 1. The summed E-state index contributed by atoms with van der Waals surface area (Å²) < 4.78 is 0. The van der Waals surface area contributed by atoms with Gasteiger partial charge in [0.2, 0.25) is 11.8 Å². The van der Waals surface area contributed by atoms with Gasteiger partial charge in [0.25, 0.3) is 0 Å². The van der Waals surface area contributed by atoms with E-state index < -0.39 is 36.0 Å². The number of thiazole rings is 1. The maximum Gasteiger partial charge on any atom is 0.322 e. The number of rotatable bonds is 6. The molecule has 2 heterocycles. The summed E-state index contributed by atoms with van der Waals surface area (Å²) in [5, 5.41) is 11.8. The second kappa shape index (κ2) is 8.52. The van der Waals surface area contributed by atoms with Gasteiger partial charge in [-0.05, 0) is 25.0 Å². The first-order valence-corrected chi connectivity index (χ1v) is 9.92. The molecule has 0 radical (unpaired) electrons. The molecule has 2 amide bonds. The van der Waals surface area contributed by atoms with E-state index in [1.807, 2.05) is 38.1 Å². The molecule has 1 unspecified atom stereocenters. The van der Waals surface area contributed by atoms with Crippen LogP contribution in [0.4, 0.5) is 0 Å². The van der Waals surface area contributed by atoms with Crippen molar-refractivity contribution in [2.45, 2.75) is 26.8 Å². The average Bonchev–Trinajstić information content (AvgIpc) is 3.01. The number of nitrogens with one attached hydrogen (secondary N) is 1. The molecule has 1 aromatic heterocycles. The first kappa shape index (κ1) is 20.7. The number of carbonyl (C=O) groups excluding carboxylic acids is 3. The van der Waals surface area contributed by atoms with Crippen molar-refractivity contribution in [3.05, 3.63) is 40.5 Å². The summed E-state index contributed by atoms with van der Waals surface area (Å²) in [7, 11) is 0. The molecule has 0 aliphatic carbocycles. The summed E-state index contributed by atoms with van der Waals surface area (Å²) in [5.41, 5.74) is 2.89. The fourth-order valence-electron chi connectivity index (χ4n) is 3.28. The smallest absolute Gasteiger partial charge is 0.322 e. The lowest BCUT2D eigenvalue weighted by Gasteiger charge is -2.30. The molecule has 8 nitrogen and oxygen atoms in total. The third kappa shape index (κ3) is 4.68. The van der Waals surface area contributed by atoms with Gasteiger partial charge in [-0.15, -0.1) is 11.3 Å². The molecule has 1 aliphatic rings. The Kier molecular flexibility index (Phi) is 6.07. The molecule has 9 heteroatoms. The van der Waals surface area contributed by atoms with Crippen LogP contribution < -0.4 is 5.32 Å². The second-order valence-electron chi connectivity index (χ2n) is 6.87. The number of piperidine rings is 1. The van der Waals surface area contributed by atoms with Gasteiger partial charge >= 0.3 is 5.97 Å². The van der Waals surface area contributed by atoms with E-state index in [0.717, 1.165) is 26.7 Å². The predicted molar refractivity (Wildman–Crippen MR) is 106 cm³/mol. The SMILES string of the molecule is Cc1nc(C)c(-c2ccc(CN3CCC(=O)C(C(=O)NCC(=O)O)C3=O)cc2)s1. The van der Waals surface area contributed by atoms with Gasteiger partial charge in [0.05, 0.1) is 15.6 Å². The Labute approximate surface area is 171 Å². The molecular formula is C20H21N3O5S. The molecule has 1 fully saturated rings. The summed E-state index contributed by atoms with van der Waals surface area (Å²) >= 11 is 1.62. The third-order valence-electron chi connectivity index (χ3n) is 4.68. The Morgan fingerprint density at radius 1 is 1.24 bits per heavy atom. The van der Waals surface area contributed by atoms with Crippen LogP contribution in [0, 0.1) is 19.8 Å². The minimum Gasteiger partial charge on any atom is -0.480 e. The molecule has 2 N–H and O–H groups in total. The van der Waals surface area contributed by atoms with Crippen molar-refractivity contribution in [1.29, 1.82) is 0 Å². The van der Waals surface area contributed by atoms with Crippen LogP contribution in [0.15, 0.2) is 24.3 Å². The number of ketones is 1. The van der Waals surface area contributed by atoms with E-state index >= 15 is 0 Å². The highest BCUT2D eigenvalue weighted by atomic mass is 32.1. The minimum atomic E-state index is -1.48. The third-order valence-corrected chi connectivity index (χ3v) is 5.80. The number of Topliss-reactive ketones (excluding diaryl/α,β-unsaturated/α-hetero) is 1. The first-order valence-electron chi connectivity index (χ1n) is 9.10. The number of carbonyl (C=O) groups is 4. The van der Waals surface area contributed by atoms with Gasteiger partial charge in [-0.2, -0.15) is 0 Å². The van der Waals surface area contributed by atoms with Crippen LogP contribution >= 0.6 is 11.3 Å². The van der Waals surface area contributed by atoms with Gasteiger partial charge < -0.3 is 15.3 Å². The molecule has 29 heavy (non-hydrogen) atoms. The van der Waals surface area contributed by atoms with Crippen LogP contribution in [0.1, 0.15) is 22.7 Å². The molecule has 1 aliphatic heterocycles. The van der Waals surface area contributed by atoms with Crippen LogP contribution in [0.2, 0.25) is 0 Å². The van der Waals surface area contributed by atoms with Gasteiger partial charge in [0.15, 0.2) is 11.7 Å². The molecule has 3 rings (SSSR count). The highest BCUT2D eigenvalue weighted by Gasteiger charge is 2.40. The van der Waals surface area contributed by atoms with E-state index in [2.05, 4.69) is 10.3 Å². The van der Waals surface area contributed by atoms with E-state index in [9.17, 15) is 19.2 Å². The topological polar surface area (TPSA) is 117 Å². The predicted octanol–water partition coefficient (Wildman–Crippen LogP) is 1.55. The number of aliphatic carboxylic acids is 1. The number of benzene rings is 1. The second-order valence-corrected chi connectivity index (χ2v) is 8.07. The molecule has 0 bridgehead atoms. The maximum atomic E-state index is 12.7. The number of carboxylic acids is 1. The van der Waals surface area contributed by atoms with E-state index in [1.165, 1.54) is 4.90 Å². The molecule has 2 aromatic rings. The van der Waals surface area contributed by atoms with E-state index in [1.54, 1.807) is 11.3 Å². The van der Waals surface area contributed by atoms with Gasteiger partial charge in [0.1, 0.15) is 6.54 Å². The molecule has 1 atom stereocenters. The van der Waals surface area contributed by atoms with E-state index in [4.69, 9.17) is 5.11 Å². The Morgan fingerprint density at radius 2 is 1.93 bits per heavy atom. The van der Waals surface area contributed by atoms with Crippen molar-refractivity contribution >= 4 is 34.9 Å². The largest absolute Gasteiger partial charge is 0.480 e. The van der Waals surface area contributed by atoms with Crippen molar-refractivity contribution in [2.24, 2.45) is 5.92 Å². The molecule has 0 saturated carbocycles. The highest BCUT2D eigenvalue weighted by Crippen LogP contribution is 2.30. The molecule has 1 aromatic carbocycles. The zero-order valence-corrected chi connectivity index (χ0v) is 16.9. The maximum absolute atomic E-state index is 12.7. The van der Waals surface area contributed by atoms with Crippen LogP contribution in [0.5, 0.6) is 0 Å². The lowest BCUT2D eigenvalue weighted by molar-refractivity contribution is -0.152. The van der Waals surface area contributed by atoms with Crippen molar-refractivity contribution in [2.75, 3.05) is 13.1 Å². The zero-order valence-electron chi connectivity index (χ0n) is 16.1. The van der Waals surface area contributed by atoms with Crippen molar-refractivity contribution in [1.82, 2.24) is 15.2 Å². The summed E-state index contributed by atoms with van der Waals surface area (Å²) in [6.07, 6.45) is 0.0638. The molecule has 0 spiro atoms. The van der Waals surface area contributed by atoms with E-state index in [0.29, 0.717) is 0 Å². The molecule has 1 saturated heterocycles. The highest BCUT2D eigenvalue weighted by molar-refractivity contribution is 7.15. The van der Waals surface area contributed by atoms with Crippen LogP contribution in [0.25, 0.3) is 10.4 Å². The van der Waals surface area contributed by atoms with Crippen molar-refractivity contribution in [3.8, 4) is 10.4 Å². The monoisotopic (exact) mass is 415 g/mol. The Balaban J connectivity index is 1.70. The fourth-order valence-corrected chi connectivity index (χ4v) is 4.21. The number of amides is 2.